The summed E-state index contributed by atoms with van der Waals surface area (Å²) in [6, 6.07) is 7.69. The molecule has 0 N–H and O–H groups in total. The van der Waals surface area contributed by atoms with Crippen LogP contribution in [0.5, 0.6) is 0 Å². The van der Waals surface area contributed by atoms with Crippen LogP contribution in [0.15, 0.2) is 29.4 Å². The summed E-state index contributed by atoms with van der Waals surface area (Å²) in [5, 5.41) is 3.55. The van der Waals surface area contributed by atoms with Gasteiger partial charge in [-0.2, -0.15) is 0 Å². The molecule has 7 heteroatoms. The molecule has 2 nitrogen and oxygen atoms in total. The molecular weight excluding hydrogens is 365 g/mol. The van der Waals surface area contributed by atoms with E-state index in [-0.39, 0.29) is 0 Å². The van der Waals surface area contributed by atoms with E-state index in [1.165, 1.54) is 43.9 Å². The van der Waals surface area contributed by atoms with E-state index in [1.54, 1.807) is 0 Å². The lowest BCUT2D eigenvalue weighted by molar-refractivity contribution is 0.124. The molecule has 0 aromatic heterocycles. The Balaban J connectivity index is 1.62. The van der Waals surface area contributed by atoms with E-state index < -0.39 is 41.3 Å². The number of halogens is 5. The molecule has 2 aromatic rings. The summed E-state index contributed by atoms with van der Waals surface area (Å²) in [5.74, 6) is -9.48. The zero-order valence-electron chi connectivity index (χ0n) is 14.5. The summed E-state index contributed by atoms with van der Waals surface area (Å²) >= 11 is 0. The monoisotopic (exact) mass is 383 g/mol. The van der Waals surface area contributed by atoms with Crippen LogP contribution in [0.4, 0.5) is 22.0 Å². The van der Waals surface area contributed by atoms with Gasteiger partial charge in [-0.25, -0.2) is 22.0 Å². The van der Waals surface area contributed by atoms with Crippen molar-refractivity contribution >= 4 is 6.21 Å². The highest BCUT2D eigenvalue weighted by molar-refractivity contribution is 5.79. The first-order valence-electron chi connectivity index (χ1n) is 8.74. The number of benzene rings is 2. The summed E-state index contributed by atoms with van der Waals surface area (Å²) in [6.45, 7) is -0.873. The van der Waals surface area contributed by atoms with Crippen LogP contribution in [0, 0.1) is 29.1 Å². The van der Waals surface area contributed by atoms with Crippen molar-refractivity contribution < 1.29 is 26.8 Å². The fourth-order valence-electron chi connectivity index (χ4n) is 3.27. The maximum absolute atomic E-state index is 13.5. The van der Waals surface area contributed by atoms with Crippen LogP contribution in [-0.4, -0.2) is 6.21 Å². The fraction of sp³-hybridized carbons (Fsp3) is 0.350. The molecule has 27 heavy (non-hydrogen) atoms. The third kappa shape index (κ3) is 4.28. The normalized spacial score (nSPS) is 15.4. The van der Waals surface area contributed by atoms with E-state index in [0.29, 0.717) is 11.5 Å². The molecular formula is C20H18F5NO. The summed E-state index contributed by atoms with van der Waals surface area (Å²) in [7, 11) is 0. The van der Waals surface area contributed by atoms with Crippen molar-refractivity contribution in [1.29, 1.82) is 0 Å². The van der Waals surface area contributed by atoms with Gasteiger partial charge in [0.25, 0.3) is 0 Å². The van der Waals surface area contributed by atoms with E-state index in [4.69, 9.17) is 4.84 Å². The third-order valence-electron chi connectivity index (χ3n) is 4.80. The lowest BCUT2D eigenvalue weighted by Crippen LogP contribution is -2.07. The summed E-state index contributed by atoms with van der Waals surface area (Å²) in [6.07, 6.45) is 7.42. The van der Waals surface area contributed by atoms with Crippen LogP contribution in [-0.2, 0) is 11.4 Å². The van der Waals surface area contributed by atoms with Crippen molar-refractivity contribution in [3.05, 3.63) is 70.0 Å². The SMILES string of the molecule is Fc1c(F)c(F)c(CON=Cc2ccc(C3CCCCC3)cc2)c(F)c1F. The minimum Gasteiger partial charge on any atom is -0.391 e. The molecule has 1 saturated carbocycles. The molecule has 1 fully saturated rings. The highest BCUT2D eigenvalue weighted by atomic mass is 19.2. The molecule has 144 valence electrons. The molecule has 0 amide bonds. The second kappa shape index (κ2) is 8.50. The zero-order valence-corrected chi connectivity index (χ0v) is 14.5. The Bertz CT molecular complexity index is 800. The van der Waals surface area contributed by atoms with E-state index in [1.807, 2.05) is 24.3 Å². The quantitative estimate of drug-likeness (QED) is 0.205. The molecule has 0 heterocycles. The van der Waals surface area contributed by atoms with E-state index in [2.05, 4.69) is 5.16 Å². The smallest absolute Gasteiger partial charge is 0.200 e. The van der Waals surface area contributed by atoms with Crippen molar-refractivity contribution in [2.24, 2.45) is 5.16 Å². The Labute approximate surface area is 153 Å². The first kappa shape index (κ1) is 19.3. The maximum atomic E-state index is 13.5. The summed E-state index contributed by atoms with van der Waals surface area (Å²) < 4.78 is 66.2. The molecule has 3 rings (SSSR count). The largest absolute Gasteiger partial charge is 0.391 e. The molecule has 0 radical (unpaired) electrons. The number of oxime groups is 1. The lowest BCUT2D eigenvalue weighted by atomic mass is 9.84. The third-order valence-corrected chi connectivity index (χ3v) is 4.80. The maximum Gasteiger partial charge on any atom is 0.200 e. The molecule has 0 saturated heterocycles. The highest BCUT2D eigenvalue weighted by Crippen LogP contribution is 2.32. The van der Waals surface area contributed by atoms with Crippen molar-refractivity contribution in [3.8, 4) is 0 Å². The van der Waals surface area contributed by atoms with Crippen molar-refractivity contribution in [2.45, 2.75) is 44.6 Å². The van der Waals surface area contributed by atoms with Crippen molar-refractivity contribution in [3.63, 3.8) is 0 Å². The molecule has 0 unspecified atom stereocenters. The summed E-state index contributed by atoms with van der Waals surface area (Å²) in [5.41, 5.74) is 0.900. The van der Waals surface area contributed by atoms with E-state index in [9.17, 15) is 22.0 Å². The molecule has 0 spiro atoms. The lowest BCUT2D eigenvalue weighted by Gasteiger charge is -2.21. The number of hydrogen-bond acceptors (Lipinski definition) is 2. The first-order chi connectivity index (χ1) is 13.0. The molecule has 1 aliphatic rings. The van der Waals surface area contributed by atoms with Crippen LogP contribution in [0.2, 0.25) is 0 Å². The van der Waals surface area contributed by atoms with Gasteiger partial charge in [-0.3, -0.25) is 0 Å². The fourth-order valence-corrected chi connectivity index (χ4v) is 3.27. The Morgan fingerprint density at radius 2 is 1.37 bits per heavy atom. The molecule has 0 bridgehead atoms. The Kier molecular flexibility index (Phi) is 6.08. The Morgan fingerprint density at radius 1 is 0.815 bits per heavy atom. The second-order valence-electron chi connectivity index (χ2n) is 6.56. The Hall–Kier alpha value is -2.44. The van der Waals surface area contributed by atoms with Crippen LogP contribution in [0.3, 0.4) is 0 Å². The Morgan fingerprint density at radius 3 is 1.96 bits per heavy atom. The van der Waals surface area contributed by atoms with Gasteiger partial charge < -0.3 is 4.84 Å². The van der Waals surface area contributed by atoms with E-state index >= 15 is 0 Å². The van der Waals surface area contributed by atoms with Gasteiger partial charge in [0.15, 0.2) is 23.3 Å². The number of rotatable bonds is 5. The zero-order chi connectivity index (χ0) is 19.4. The van der Waals surface area contributed by atoms with Crippen LogP contribution >= 0.6 is 0 Å². The average Bonchev–Trinajstić information content (AvgIpc) is 2.71. The van der Waals surface area contributed by atoms with Gasteiger partial charge in [0.1, 0.15) is 6.61 Å². The molecule has 0 aliphatic heterocycles. The van der Waals surface area contributed by atoms with Gasteiger partial charge in [0.2, 0.25) is 5.82 Å². The standard InChI is InChI=1S/C20H18F5NO/c21-16-15(17(22)19(24)20(25)18(16)23)11-27-26-10-12-6-8-14(9-7-12)13-4-2-1-3-5-13/h6-10,13H,1-5,11H2. The van der Waals surface area contributed by atoms with Crippen LogP contribution in [0.1, 0.15) is 54.7 Å². The van der Waals surface area contributed by atoms with Crippen molar-refractivity contribution in [1.82, 2.24) is 0 Å². The topological polar surface area (TPSA) is 21.6 Å². The predicted molar refractivity (Wildman–Crippen MR) is 90.9 cm³/mol. The highest BCUT2D eigenvalue weighted by Gasteiger charge is 2.25. The van der Waals surface area contributed by atoms with Gasteiger partial charge in [0.05, 0.1) is 11.8 Å². The predicted octanol–water partition coefficient (Wildman–Crippen LogP) is 5.98. The van der Waals surface area contributed by atoms with Gasteiger partial charge in [-0.05, 0) is 29.9 Å². The van der Waals surface area contributed by atoms with Crippen molar-refractivity contribution in [2.75, 3.05) is 0 Å². The van der Waals surface area contributed by atoms with Gasteiger partial charge in [0, 0.05) is 0 Å². The second-order valence-corrected chi connectivity index (χ2v) is 6.56. The molecule has 2 aromatic carbocycles. The number of hydrogen-bond donors (Lipinski definition) is 0. The number of nitrogens with zero attached hydrogens (tertiary/aromatic N) is 1. The average molecular weight is 383 g/mol. The first-order valence-corrected chi connectivity index (χ1v) is 8.74. The van der Waals surface area contributed by atoms with Gasteiger partial charge in [-0.1, -0.05) is 48.7 Å². The summed E-state index contributed by atoms with van der Waals surface area (Å²) in [4.78, 5) is 4.72. The van der Waals surface area contributed by atoms with Gasteiger partial charge >= 0.3 is 0 Å². The molecule has 0 atom stereocenters. The van der Waals surface area contributed by atoms with E-state index in [0.717, 1.165) is 0 Å². The minimum atomic E-state index is -2.20. The van der Waals surface area contributed by atoms with Crippen LogP contribution in [0.25, 0.3) is 0 Å². The minimum absolute atomic E-state index is 0.565. The molecule has 1 aliphatic carbocycles. The van der Waals surface area contributed by atoms with Gasteiger partial charge in [-0.15, -0.1) is 0 Å². The van der Waals surface area contributed by atoms with Crippen LogP contribution < -0.4 is 0 Å².